The molecule has 1 aromatic heterocycles. The Morgan fingerprint density at radius 2 is 1.57 bits per heavy atom. The molecule has 0 unspecified atom stereocenters. The average Bonchev–Trinajstić information content (AvgIpc) is 3.19. The lowest BCUT2D eigenvalue weighted by atomic mass is 9.98. The molecule has 0 spiro atoms. The van der Waals surface area contributed by atoms with E-state index in [9.17, 15) is 0 Å². The molecule has 1 aromatic carbocycles. The maximum atomic E-state index is 4.33. The van der Waals surface area contributed by atoms with E-state index in [1.54, 1.807) is 11.3 Å². The van der Waals surface area contributed by atoms with Crippen LogP contribution in [0, 0.1) is 10.4 Å². The van der Waals surface area contributed by atoms with Gasteiger partial charge in [-0.25, -0.2) is 0 Å². The average molecular weight is 393 g/mol. The van der Waals surface area contributed by atoms with Gasteiger partial charge in [-0.05, 0) is 40.8 Å². The molecule has 1 heterocycles. The first-order valence-electron chi connectivity index (χ1n) is 10.8. The van der Waals surface area contributed by atoms with Crippen LogP contribution >= 0.6 is 11.3 Å². The molecular weight excluding hydrogens is 360 g/mol. The van der Waals surface area contributed by atoms with Gasteiger partial charge in [-0.2, -0.15) is 0 Å². The lowest BCUT2D eigenvalue weighted by Crippen LogP contribution is -1.93. The smallest absolute Gasteiger partial charge is 0.143 e. The van der Waals surface area contributed by atoms with Crippen LogP contribution in [0.1, 0.15) is 69.0 Å². The molecule has 0 saturated heterocycles. The molecule has 0 amide bonds. The monoisotopic (exact) mass is 392 g/mol. The van der Waals surface area contributed by atoms with E-state index in [2.05, 4.69) is 73.4 Å². The molecule has 0 atom stereocenters. The normalized spacial score (nSPS) is 11.1. The quantitative estimate of drug-likeness (QED) is 0.283. The second-order valence-electron chi connectivity index (χ2n) is 7.44. The molecule has 0 N–H and O–H groups in total. The zero-order valence-corrected chi connectivity index (χ0v) is 18.3. The second kappa shape index (κ2) is 10.5. The van der Waals surface area contributed by atoms with Crippen molar-refractivity contribution in [3.8, 4) is 10.6 Å². The number of aryl methyl sites for hydroxylation is 3. The predicted octanol–water partition coefficient (Wildman–Crippen LogP) is 7.13. The molecule has 4 rings (SSSR count). The fourth-order valence-electron chi connectivity index (χ4n) is 3.40. The first kappa shape index (κ1) is 20.7. The van der Waals surface area contributed by atoms with Crippen molar-refractivity contribution in [2.75, 3.05) is 0 Å². The Labute approximate surface area is 173 Å². The lowest BCUT2D eigenvalue weighted by molar-refractivity contribution is 0.630. The predicted molar refractivity (Wildman–Crippen MR) is 121 cm³/mol. The van der Waals surface area contributed by atoms with Gasteiger partial charge < -0.3 is 0 Å². The van der Waals surface area contributed by atoms with Crippen molar-refractivity contribution in [1.29, 1.82) is 0 Å². The van der Waals surface area contributed by atoms with Gasteiger partial charge in [0, 0.05) is 12.0 Å². The molecule has 0 saturated carbocycles. The van der Waals surface area contributed by atoms with E-state index < -0.39 is 0 Å². The van der Waals surface area contributed by atoms with E-state index in [0.29, 0.717) is 0 Å². The number of benzene rings is 2. The zero-order chi connectivity index (χ0) is 19.8. The van der Waals surface area contributed by atoms with Crippen LogP contribution in [-0.4, -0.2) is 10.2 Å². The molecule has 0 bridgehead atoms. The summed E-state index contributed by atoms with van der Waals surface area (Å²) in [6.07, 6.45) is 9.91. The van der Waals surface area contributed by atoms with Crippen LogP contribution in [-0.2, 0) is 19.3 Å². The highest BCUT2D eigenvalue weighted by Gasteiger charge is 2.06. The maximum absolute atomic E-state index is 4.33. The zero-order valence-electron chi connectivity index (χ0n) is 17.5. The first-order valence-corrected chi connectivity index (χ1v) is 11.6. The summed E-state index contributed by atoms with van der Waals surface area (Å²) >= 11 is 1.74. The minimum atomic E-state index is 1.05. The molecule has 2 aromatic rings. The Kier molecular flexibility index (Phi) is 7.79. The fraction of sp³-hybridized carbons (Fsp3) is 0.440. The Balaban J connectivity index is 0.000000231. The SMILES string of the molecule is CCCCCCCc1nnc(-c2ccc(CC)cc2)s1.CCc1cc2ccc1=2. The highest BCUT2D eigenvalue weighted by Crippen LogP contribution is 2.25. The van der Waals surface area contributed by atoms with Crippen molar-refractivity contribution >= 4 is 11.3 Å². The number of aromatic nitrogens is 2. The van der Waals surface area contributed by atoms with E-state index in [1.165, 1.54) is 70.7 Å². The van der Waals surface area contributed by atoms with E-state index in [4.69, 9.17) is 0 Å². The standard InChI is InChI=1S/C17H24N2S.C8H8/c1-3-5-6-7-8-9-16-18-19-17(20-16)15-12-10-14(4-2)11-13-15;1-2-6-5-7-3-4-8(6)7/h10-13H,3-9H2,1-2H3;3-5H,2H2,1H3. The summed E-state index contributed by atoms with van der Waals surface area (Å²) in [7, 11) is 0. The molecule has 3 heteroatoms. The summed E-state index contributed by atoms with van der Waals surface area (Å²) < 4.78 is 0. The van der Waals surface area contributed by atoms with Crippen molar-refractivity contribution < 1.29 is 0 Å². The number of hydrogen-bond acceptors (Lipinski definition) is 3. The van der Waals surface area contributed by atoms with E-state index in [1.807, 2.05) is 0 Å². The number of nitrogens with zero attached hydrogens (tertiary/aromatic N) is 2. The van der Waals surface area contributed by atoms with Gasteiger partial charge in [-0.15, -0.1) is 10.2 Å². The van der Waals surface area contributed by atoms with Crippen molar-refractivity contribution in [2.24, 2.45) is 0 Å². The van der Waals surface area contributed by atoms with Gasteiger partial charge in [0.25, 0.3) is 0 Å². The van der Waals surface area contributed by atoms with Gasteiger partial charge in [-0.3, -0.25) is 0 Å². The van der Waals surface area contributed by atoms with Crippen LogP contribution in [0.3, 0.4) is 0 Å². The molecule has 0 aliphatic heterocycles. The molecule has 28 heavy (non-hydrogen) atoms. The third-order valence-corrected chi connectivity index (χ3v) is 6.40. The summed E-state index contributed by atoms with van der Waals surface area (Å²) in [5.74, 6) is 0. The highest BCUT2D eigenvalue weighted by atomic mass is 32.1. The molecule has 2 aliphatic carbocycles. The van der Waals surface area contributed by atoms with Gasteiger partial charge in [0.1, 0.15) is 10.0 Å². The molecule has 2 nitrogen and oxygen atoms in total. The van der Waals surface area contributed by atoms with Gasteiger partial charge in [-0.1, -0.05) is 100 Å². The van der Waals surface area contributed by atoms with Crippen molar-refractivity contribution in [2.45, 2.75) is 72.1 Å². The largest absolute Gasteiger partial charge is 0.147 e. The van der Waals surface area contributed by atoms with Crippen LogP contribution in [0.25, 0.3) is 10.6 Å². The highest BCUT2D eigenvalue weighted by molar-refractivity contribution is 7.14. The van der Waals surface area contributed by atoms with E-state index in [0.717, 1.165) is 17.8 Å². The fourth-order valence-corrected chi connectivity index (χ4v) is 4.28. The number of hydrogen-bond donors (Lipinski definition) is 0. The van der Waals surface area contributed by atoms with Crippen molar-refractivity contribution in [1.82, 2.24) is 10.2 Å². The third kappa shape index (κ3) is 5.29. The van der Waals surface area contributed by atoms with Crippen molar-refractivity contribution in [3.05, 3.63) is 69.0 Å². The Hall–Kier alpha value is -2.00. The Bertz CT molecular complexity index is 957. The molecule has 0 fully saturated rings. The van der Waals surface area contributed by atoms with Gasteiger partial charge in [0.2, 0.25) is 0 Å². The van der Waals surface area contributed by atoms with Crippen LogP contribution < -0.4 is 0 Å². The van der Waals surface area contributed by atoms with Gasteiger partial charge in [0.15, 0.2) is 0 Å². The topological polar surface area (TPSA) is 25.8 Å². The van der Waals surface area contributed by atoms with Crippen LogP contribution in [0.5, 0.6) is 0 Å². The molecular formula is C25H32N2S. The van der Waals surface area contributed by atoms with Crippen molar-refractivity contribution in [3.63, 3.8) is 0 Å². The second-order valence-corrected chi connectivity index (χ2v) is 8.50. The minimum absolute atomic E-state index is 1.05. The molecule has 0 radical (unpaired) electrons. The number of unbranched alkanes of at least 4 members (excludes halogenated alkanes) is 4. The van der Waals surface area contributed by atoms with Crippen LogP contribution in [0.2, 0.25) is 0 Å². The maximum Gasteiger partial charge on any atom is 0.147 e. The minimum Gasteiger partial charge on any atom is -0.143 e. The summed E-state index contributed by atoms with van der Waals surface area (Å²) in [5.41, 5.74) is 4.09. The first-order chi connectivity index (χ1) is 13.7. The van der Waals surface area contributed by atoms with Gasteiger partial charge in [0.05, 0.1) is 0 Å². The van der Waals surface area contributed by atoms with Crippen LogP contribution in [0.15, 0.2) is 42.5 Å². The van der Waals surface area contributed by atoms with Crippen LogP contribution in [0.4, 0.5) is 0 Å². The Morgan fingerprint density at radius 3 is 2.11 bits per heavy atom. The lowest BCUT2D eigenvalue weighted by Gasteiger charge is -2.07. The van der Waals surface area contributed by atoms with E-state index >= 15 is 0 Å². The third-order valence-electron chi connectivity index (χ3n) is 5.37. The number of rotatable bonds is 9. The summed E-state index contributed by atoms with van der Waals surface area (Å²) in [6.45, 7) is 6.62. The summed E-state index contributed by atoms with van der Waals surface area (Å²) in [5, 5.41) is 13.8. The Morgan fingerprint density at radius 1 is 0.786 bits per heavy atom. The molecule has 148 valence electrons. The van der Waals surface area contributed by atoms with E-state index in [-0.39, 0.29) is 0 Å². The summed E-state index contributed by atoms with van der Waals surface area (Å²) in [6, 6.07) is 15.3. The molecule has 2 aliphatic rings. The summed E-state index contributed by atoms with van der Waals surface area (Å²) in [4.78, 5) is 0. The van der Waals surface area contributed by atoms with Gasteiger partial charge >= 0.3 is 0 Å².